The van der Waals surface area contributed by atoms with E-state index >= 15 is 0 Å². The van der Waals surface area contributed by atoms with Crippen LogP contribution >= 0.6 is 0 Å². The molecule has 1 atom stereocenters. The number of amides is 1. The Morgan fingerprint density at radius 2 is 1.70 bits per heavy atom. The molecule has 0 aliphatic heterocycles. The highest BCUT2D eigenvalue weighted by atomic mass is 19.4. The van der Waals surface area contributed by atoms with Crippen molar-refractivity contribution in [3.05, 3.63) is 65.5 Å². The van der Waals surface area contributed by atoms with Gasteiger partial charge in [-0.05, 0) is 48.7 Å². The van der Waals surface area contributed by atoms with E-state index in [1.54, 1.807) is 17.4 Å². The zero-order valence-corrected chi connectivity index (χ0v) is 16.6. The number of halogens is 4. The number of hydrogen-bond donors (Lipinski definition) is 2. The van der Waals surface area contributed by atoms with E-state index in [0.29, 0.717) is 0 Å². The topological polar surface area (TPSA) is 67.4 Å². The molecule has 0 aliphatic rings. The summed E-state index contributed by atoms with van der Waals surface area (Å²) < 4.78 is 60.5. The smallest absolute Gasteiger partial charge is 0.441 e. The number of carbonyl (C=O) groups excluding carboxylic acids is 2. The van der Waals surface area contributed by atoms with Crippen LogP contribution in [0, 0.1) is 5.82 Å². The predicted molar refractivity (Wildman–Crippen MR) is 103 cm³/mol. The van der Waals surface area contributed by atoms with Crippen molar-refractivity contribution in [1.82, 2.24) is 5.32 Å². The second-order valence-electron chi connectivity index (χ2n) is 6.83. The molecule has 30 heavy (non-hydrogen) atoms. The van der Waals surface area contributed by atoms with E-state index in [4.69, 9.17) is 0 Å². The minimum Gasteiger partial charge on any atom is -0.463 e. The van der Waals surface area contributed by atoms with Gasteiger partial charge in [0.2, 0.25) is 0 Å². The Morgan fingerprint density at radius 3 is 2.20 bits per heavy atom. The lowest BCUT2D eigenvalue weighted by Gasteiger charge is -2.35. The molecule has 1 amide bonds. The number of carbonyl (C=O) groups is 2. The van der Waals surface area contributed by atoms with Crippen molar-refractivity contribution in [2.75, 3.05) is 11.9 Å². The van der Waals surface area contributed by atoms with Crippen molar-refractivity contribution >= 4 is 17.6 Å². The Kier molecular flexibility index (Phi) is 7.07. The minimum atomic E-state index is -5.28. The van der Waals surface area contributed by atoms with Gasteiger partial charge in [0.05, 0.1) is 6.61 Å². The molecule has 0 saturated heterocycles. The van der Waals surface area contributed by atoms with Gasteiger partial charge in [0.15, 0.2) is 0 Å². The molecule has 5 nitrogen and oxygen atoms in total. The van der Waals surface area contributed by atoms with E-state index in [1.807, 2.05) is 13.8 Å². The fourth-order valence-electron chi connectivity index (χ4n) is 2.67. The van der Waals surface area contributed by atoms with Crippen LogP contribution in [0.5, 0.6) is 0 Å². The highest BCUT2D eigenvalue weighted by molar-refractivity contribution is 5.99. The molecule has 2 aromatic carbocycles. The molecule has 0 fully saturated rings. The summed E-state index contributed by atoms with van der Waals surface area (Å²) in [5.41, 5.74) is -3.15. The molecule has 0 aromatic heterocycles. The van der Waals surface area contributed by atoms with Crippen molar-refractivity contribution in [3.8, 4) is 0 Å². The maximum atomic E-state index is 14.1. The number of benzene rings is 2. The van der Waals surface area contributed by atoms with Crippen molar-refractivity contribution in [3.63, 3.8) is 0 Å². The lowest BCUT2D eigenvalue weighted by Crippen LogP contribution is -2.69. The van der Waals surface area contributed by atoms with Crippen LogP contribution in [0.2, 0.25) is 0 Å². The summed E-state index contributed by atoms with van der Waals surface area (Å²) in [7, 11) is 0. The second-order valence-corrected chi connectivity index (χ2v) is 6.83. The number of hydrogen-bond acceptors (Lipinski definition) is 4. The van der Waals surface area contributed by atoms with Gasteiger partial charge in [0.25, 0.3) is 5.91 Å². The van der Waals surface area contributed by atoms with Gasteiger partial charge in [0, 0.05) is 11.3 Å². The van der Waals surface area contributed by atoms with Crippen LogP contribution in [0.3, 0.4) is 0 Å². The summed E-state index contributed by atoms with van der Waals surface area (Å²) in [6, 6.07) is 10.0. The highest BCUT2D eigenvalue weighted by Crippen LogP contribution is 2.34. The van der Waals surface area contributed by atoms with Crippen molar-refractivity contribution in [2.24, 2.45) is 0 Å². The van der Waals surface area contributed by atoms with E-state index in [2.05, 4.69) is 10.1 Å². The van der Waals surface area contributed by atoms with Gasteiger partial charge in [-0.3, -0.25) is 4.79 Å². The van der Waals surface area contributed by atoms with E-state index in [-0.39, 0.29) is 23.8 Å². The molecule has 162 valence electrons. The number of alkyl halides is 3. The second kappa shape index (κ2) is 9.15. The van der Waals surface area contributed by atoms with Crippen molar-refractivity contribution in [1.29, 1.82) is 0 Å². The number of rotatable bonds is 7. The average molecular weight is 426 g/mol. The monoisotopic (exact) mass is 426 g/mol. The molecule has 0 heterocycles. The molecule has 0 unspecified atom stereocenters. The first-order chi connectivity index (χ1) is 14.0. The summed E-state index contributed by atoms with van der Waals surface area (Å²) in [4.78, 5) is 24.9. The Morgan fingerprint density at radius 1 is 1.07 bits per heavy atom. The lowest BCUT2D eigenvalue weighted by molar-refractivity contribution is -0.204. The van der Waals surface area contributed by atoms with Gasteiger partial charge >= 0.3 is 17.8 Å². The van der Waals surface area contributed by atoms with Crippen LogP contribution in [0.15, 0.2) is 48.5 Å². The molecule has 2 aromatic rings. The fraction of sp³-hybridized carbons (Fsp3) is 0.333. The van der Waals surface area contributed by atoms with Gasteiger partial charge in [-0.15, -0.1) is 0 Å². The minimum absolute atomic E-state index is 0.0654. The highest BCUT2D eigenvalue weighted by Gasteiger charge is 2.63. The molecular formula is C21H22F4N2O3. The molecule has 0 bridgehead atoms. The third-order valence-corrected chi connectivity index (χ3v) is 4.30. The summed E-state index contributed by atoms with van der Waals surface area (Å²) in [6.07, 6.45) is -5.28. The van der Waals surface area contributed by atoms with Gasteiger partial charge in [-0.2, -0.15) is 13.2 Å². The van der Waals surface area contributed by atoms with Crippen LogP contribution in [0.1, 0.15) is 42.6 Å². The van der Waals surface area contributed by atoms with Crippen LogP contribution in [0.4, 0.5) is 23.2 Å². The number of esters is 1. The van der Waals surface area contributed by atoms with E-state index in [0.717, 1.165) is 23.8 Å². The molecule has 0 spiro atoms. The molecule has 2 N–H and O–H groups in total. The molecule has 0 saturated carbocycles. The first-order valence-corrected chi connectivity index (χ1v) is 9.20. The van der Waals surface area contributed by atoms with Crippen molar-refractivity contribution < 1.29 is 31.9 Å². The quantitative estimate of drug-likeness (QED) is 0.385. The Labute approximate surface area is 171 Å². The largest absolute Gasteiger partial charge is 0.463 e. The van der Waals surface area contributed by atoms with E-state index in [1.165, 1.54) is 25.1 Å². The van der Waals surface area contributed by atoms with Gasteiger partial charge in [-0.1, -0.05) is 32.0 Å². The van der Waals surface area contributed by atoms with Crippen LogP contribution in [-0.4, -0.2) is 30.3 Å². The average Bonchev–Trinajstić information content (AvgIpc) is 2.67. The summed E-state index contributed by atoms with van der Waals surface area (Å²) in [5.74, 6) is -3.71. The lowest BCUT2D eigenvalue weighted by atomic mass is 10.0. The Hall–Kier alpha value is -3.10. The summed E-state index contributed by atoms with van der Waals surface area (Å²) in [5, 5.41) is 3.74. The zero-order valence-electron chi connectivity index (χ0n) is 16.6. The van der Waals surface area contributed by atoms with Crippen molar-refractivity contribution in [2.45, 2.75) is 38.5 Å². The van der Waals surface area contributed by atoms with Gasteiger partial charge in [-0.25, -0.2) is 9.18 Å². The predicted octanol–water partition coefficient (Wildman–Crippen LogP) is 4.61. The van der Waals surface area contributed by atoms with Crippen LogP contribution in [0.25, 0.3) is 0 Å². The zero-order chi connectivity index (χ0) is 22.5. The van der Waals surface area contributed by atoms with Crippen LogP contribution in [-0.2, 0) is 9.53 Å². The molecule has 9 heteroatoms. The maximum absolute atomic E-state index is 14.1. The molecule has 0 radical (unpaired) electrons. The van der Waals surface area contributed by atoms with E-state index in [9.17, 15) is 27.2 Å². The number of anilines is 1. The molecule has 0 aliphatic carbocycles. The first kappa shape index (κ1) is 23.2. The number of ether oxygens (including phenoxy) is 1. The maximum Gasteiger partial charge on any atom is 0.441 e. The normalized spacial score (nSPS) is 13.5. The Balaban J connectivity index is 2.49. The molecular weight excluding hydrogens is 404 g/mol. The van der Waals surface area contributed by atoms with Gasteiger partial charge in [0.1, 0.15) is 5.82 Å². The summed E-state index contributed by atoms with van der Waals surface area (Å²) >= 11 is 0. The fourth-order valence-corrected chi connectivity index (χ4v) is 2.67. The SMILES string of the molecule is CCOC(=O)[C@@](NC(=O)c1cccc(F)c1)(Nc1ccc(C(C)C)cc1)C(F)(F)F. The van der Waals surface area contributed by atoms with E-state index < -0.39 is 29.5 Å². The standard InChI is InChI=1S/C21H22F4N2O3/c1-4-30-19(29)20(21(23,24)25,26-17-10-8-14(9-11-17)13(2)3)27-18(28)15-6-5-7-16(22)12-15/h5-13,26H,4H2,1-3H3,(H,27,28)/t20-/m0/s1. The van der Waals surface area contributed by atoms with Gasteiger partial charge < -0.3 is 15.4 Å². The molecule has 2 rings (SSSR count). The Bertz CT molecular complexity index is 898. The number of nitrogens with one attached hydrogen (secondary N) is 2. The third-order valence-electron chi connectivity index (χ3n) is 4.30. The third kappa shape index (κ3) is 5.08. The first-order valence-electron chi connectivity index (χ1n) is 9.20. The summed E-state index contributed by atoms with van der Waals surface area (Å²) in [6.45, 7) is 4.83. The van der Waals surface area contributed by atoms with Crippen LogP contribution < -0.4 is 10.6 Å².